The Bertz CT molecular complexity index is 555. The first-order valence-corrected chi connectivity index (χ1v) is 6.83. The van der Waals surface area contributed by atoms with E-state index in [1.54, 1.807) is 0 Å². The number of aliphatic carboxylic acids is 1. The molecule has 2 rings (SSSR count). The van der Waals surface area contributed by atoms with Crippen LogP contribution in [0.4, 0.5) is 17.3 Å². The summed E-state index contributed by atoms with van der Waals surface area (Å²) in [5.74, 6) is -0.674. The molecule has 0 saturated heterocycles. The summed E-state index contributed by atoms with van der Waals surface area (Å²) >= 11 is 0. The minimum atomic E-state index is -0.876. The molecule has 1 fully saturated rings. The molecule has 1 saturated carbocycles. The molecular weight excluding hydrogens is 276 g/mol. The summed E-state index contributed by atoms with van der Waals surface area (Å²) in [6.45, 7) is 0. The molecular formula is C13H18N4O4. The van der Waals surface area contributed by atoms with E-state index in [1.807, 2.05) is 0 Å². The Balaban J connectivity index is 2.22. The van der Waals surface area contributed by atoms with Crippen LogP contribution < -0.4 is 11.1 Å². The van der Waals surface area contributed by atoms with Crippen LogP contribution in [0.25, 0.3) is 0 Å². The third-order valence-corrected chi connectivity index (χ3v) is 3.79. The van der Waals surface area contributed by atoms with Crippen molar-refractivity contribution >= 4 is 23.3 Å². The van der Waals surface area contributed by atoms with Crippen LogP contribution in [0.5, 0.6) is 0 Å². The maximum Gasteiger partial charge on any atom is 0.311 e. The standard InChI is InChI=1S/C13H18N4O4/c14-12-9(17(20)21)4-5-10(15-12)16-13(8-11(18)19)6-2-1-3-7-13/h4-5H,1-3,6-8H2,(H,18,19)(H3,14,15,16). The zero-order valence-electron chi connectivity index (χ0n) is 11.5. The number of rotatable bonds is 5. The van der Waals surface area contributed by atoms with E-state index in [0.717, 1.165) is 32.1 Å². The van der Waals surface area contributed by atoms with Crippen molar-refractivity contribution in [1.29, 1.82) is 0 Å². The number of carboxylic acids is 1. The monoisotopic (exact) mass is 294 g/mol. The molecule has 4 N–H and O–H groups in total. The van der Waals surface area contributed by atoms with Gasteiger partial charge in [0.05, 0.1) is 11.3 Å². The molecule has 0 unspecified atom stereocenters. The molecule has 0 amide bonds. The highest BCUT2D eigenvalue weighted by molar-refractivity contribution is 5.69. The number of nitrogens with zero attached hydrogens (tertiary/aromatic N) is 2. The number of hydrogen-bond acceptors (Lipinski definition) is 6. The minimum Gasteiger partial charge on any atom is -0.481 e. The van der Waals surface area contributed by atoms with Gasteiger partial charge in [-0.25, -0.2) is 4.98 Å². The Kier molecular flexibility index (Phi) is 4.25. The smallest absolute Gasteiger partial charge is 0.311 e. The van der Waals surface area contributed by atoms with Gasteiger partial charge in [0.25, 0.3) is 0 Å². The van der Waals surface area contributed by atoms with Gasteiger partial charge in [-0.2, -0.15) is 0 Å². The van der Waals surface area contributed by atoms with Crippen LogP contribution >= 0.6 is 0 Å². The van der Waals surface area contributed by atoms with Crippen LogP contribution in [0.1, 0.15) is 38.5 Å². The van der Waals surface area contributed by atoms with Gasteiger partial charge in [-0.1, -0.05) is 19.3 Å². The van der Waals surface area contributed by atoms with Crippen molar-refractivity contribution in [2.75, 3.05) is 11.1 Å². The topological polar surface area (TPSA) is 131 Å². The lowest BCUT2D eigenvalue weighted by atomic mass is 9.79. The Hall–Kier alpha value is -2.38. The highest BCUT2D eigenvalue weighted by Gasteiger charge is 2.34. The van der Waals surface area contributed by atoms with Crippen molar-refractivity contribution in [1.82, 2.24) is 4.98 Å². The van der Waals surface area contributed by atoms with Crippen LogP contribution in [-0.4, -0.2) is 26.5 Å². The van der Waals surface area contributed by atoms with Crippen molar-refractivity contribution in [2.45, 2.75) is 44.1 Å². The average Bonchev–Trinajstić information content (AvgIpc) is 2.38. The second kappa shape index (κ2) is 5.94. The van der Waals surface area contributed by atoms with E-state index >= 15 is 0 Å². The summed E-state index contributed by atoms with van der Waals surface area (Å²) in [4.78, 5) is 25.2. The van der Waals surface area contributed by atoms with E-state index in [2.05, 4.69) is 10.3 Å². The summed E-state index contributed by atoms with van der Waals surface area (Å²) < 4.78 is 0. The molecule has 0 aromatic carbocycles. The fraction of sp³-hybridized carbons (Fsp3) is 0.538. The van der Waals surface area contributed by atoms with Gasteiger partial charge < -0.3 is 16.2 Å². The van der Waals surface area contributed by atoms with Crippen LogP contribution in [0.2, 0.25) is 0 Å². The molecule has 0 bridgehead atoms. The molecule has 1 aromatic heterocycles. The highest BCUT2D eigenvalue weighted by atomic mass is 16.6. The number of hydrogen-bond donors (Lipinski definition) is 3. The molecule has 8 nitrogen and oxygen atoms in total. The van der Waals surface area contributed by atoms with E-state index in [-0.39, 0.29) is 17.9 Å². The van der Waals surface area contributed by atoms with Crippen molar-refractivity contribution in [3.63, 3.8) is 0 Å². The van der Waals surface area contributed by atoms with E-state index < -0.39 is 16.4 Å². The lowest BCUT2D eigenvalue weighted by molar-refractivity contribution is -0.384. The normalized spacial score (nSPS) is 17.1. The van der Waals surface area contributed by atoms with Gasteiger partial charge >= 0.3 is 11.7 Å². The number of aromatic nitrogens is 1. The summed E-state index contributed by atoms with van der Waals surface area (Å²) in [6.07, 6.45) is 4.44. The predicted octanol–water partition coefficient (Wildman–Crippen LogP) is 2.16. The van der Waals surface area contributed by atoms with Gasteiger partial charge in [-0.3, -0.25) is 14.9 Å². The second-order valence-corrected chi connectivity index (χ2v) is 5.39. The van der Waals surface area contributed by atoms with Gasteiger partial charge in [-0.15, -0.1) is 0 Å². The predicted molar refractivity (Wildman–Crippen MR) is 77.0 cm³/mol. The number of carbonyl (C=O) groups is 1. The first kappa shape index (κ1) is 15.0. The highest BCUT2D eigenvalue weighted by Crippen LogP contribution is 2.34. The number of carboxylic acid groups (broad SMARTS) is 1. The fourth-order valence-electron chi connectivity index (χ4n) is 2.83. The third kappa shape index (κ3) is 3.59. The molecule has 1 heterocycles. The van der Waals surface area contributed by atoms with Crippen molar-refractivity contribution in [3.8, 4) is 0 Å². The van der Waals surface area contributed by atoms with Gasteiger partial charge in [0.15, 0.2) is 0 Å². The molecule has 1 aromatic rings. The molecule has 0 spiro atoms. The quantitative estimate of drug-likeness (QED) is 0.560. The Labute approximate surface area is 121 Å². The summed E-state index contributed by atoms with van der Waals surface area (Å²) in [5.41, 5.74) is 4.75. The Morgan fingerprint density at radius 3 is 2.62 bits per heavy atom. The maximum absolute atomic E-state index is 11.1. The largest absolute Gasteiger partial charge is 0.481 e. The molecule has 1 aliphatic rings. The second-order valence-electron chi connectivity index (χ2n) is 5.39. The lowest BCUT2D eigenvalue weighted by Gasteiger charge is -2.37. The van der Waals surface area contributed by atoms with Crippen molar-refractivity contribution < 1.29 is 14.8 Å². The molecule has 0 radical (unpaired) electrons. The van der Waals surface area contributed by atoms with Gasteiger partial charge in [-0.05, 0) is 18.9 Å². The first-order chi connectivity index (χ1) is 9.92. The molecule has 0 aliphatic heterocycles. The van der Waals surface area contributed by atoms with Gasteiger partial charge in [0.1, 0.15) is 5.82 Å². The number of nitrogens with two attached hydrogens (primary N) is 1. The third-order valence-electron chi connectivity index (χ3n) is 3.79. The van der Waals surface area contributed by atoms with Crippen LogP contribution in [-0.2, 0) is 4.79 Å². The van der Waals surface area contributed by atoms with Crippen molar-refractivity contribution in [2.24, 2.45) is 0 Å². The zero-order valence-corrected chi connectivity index (χ0v) is 11.5. The van der Waals surface area contributed by atoms with Crippen LogP contribution in [0.3, 0.4) is 0 Å². The number of anilines is 2. The molecule has 8 heteroatoms. The number of nitro groups is 1. The van der Waals surface area contributed by atoms with Crippen LogP contribution in [0, 0.1) is 10.1 Å². The number of pyridine rings is 1. The van der Waals surface area contributed by atoms with E-state index in [9.17, 15) is 14.9 Å². The van der Waals surface area contributed by atoms with Gasteiger partial charge in [0, 0.05) is 11.6 Å². The van der Waals surface area contributed by atoms with E-state index in [4.69, 9.17) is 10.8 Å². The lowest BCUT2D eigenvalue weighted by Crippen LogP contribution is -2.42. The van der Waals surface area contributed by atoms with Crippen LogP contribution in [0.15, 0.2) is 12.1 Å². The fourth-order valence-corrected chi connectivity index (χ4v) is 2.83. The zero-order chi connectivity index (χ0) is 15.5. The summed E-state index contributed by atoms with van der Waals surface area (Å²) in [5, 5.41) is 23.0. The number of nitrogens with one attached hydrogen (secondary N) is 1. The minimum absolute atomic E-state index is 0.00836. The average molecular weight is 294 g/mol. The Morgan fingerprint density at radius 1 is 1.43 bits per heavy atom. The van der Waals surface area contributed by atoms with Gasteiger partial charge in [0.2, 0.25) is 5.82 Å². The molecule has 21 heavy (non-hydrogen) atoms. The molecule has 0 atom stereocenters. The molecule has 1 aliphatic carbocycles. The number of nitrogen functional groups attached to an aromatic ring is 1. The Morgan fingerprint density at radius 2 is 2.10 bits per heavy atom. The van der Waals surface area contributed by atoms with Crippen molar-refractivity contribution in [3.05, 3.63) is 22.2 Å². The van der Waals surface area contributed by atoms with E-state index in [1.165, 1.54) is 12.1 Å². The maximum atomic E-state index is 11.1. The first-order valence-electron chi connectivity index (χ1n) is 6.83. The molecule has 114 valence electrons. The SMILES string of the molecule is Nc1nc(NC2(CC(=O)O)CCCCC2)ccc1[N+](=O)[O-]. The summed E-state index contributed by atoms with van der Waals surface area (Å²) in [7, 11) is 0. The summed E-state index contributed by atoms with van der Waals surface area (Å²) in [6, 6.07) is 2.74. The van der Waals surface area contributed by atoms with E-state index in [0.29, 0.717) is 5.82 Å².